The zero-order chi connectivity index (χ0) is 12.5. The average molecular weight is 243 g/mol. The fourth-order valence-corrected chi connectivity index (χ4v) is 3.51. The predicted molar refractivity (Wildman–Crippen MR) is 72.7 cm³/mol. The van der Waals surface area contributed by atoms with Crippen LogP contribution in [0.25, 0.3) is 0 Å². The number of rotatable bonds is 3. The van der Waals surface area contributed by atoms with E-state index in [1.807, 2.05) is 0 Å². The third-order valence-corrected chi connectivity index (χ3v) is 4.52. The summed E-state index contributed by atoms with van der Waals surface area (Å²) < 4.78 is 0. The maximum atomic E-state index is 11.1. The lowest BCUT2D eigenvalue weighted by atomic mass is 9.75. The molecule has 0 saturated carbocycles. The highest BCUT2D eigenvalue weighted by Crippen LogP contribution is 2.38. The molecule has 1 unspecified atom stereocenters. The first-order valence-electron chi connectivity index (χ1n) is 7.03. The standard InChI is InChI=1S/C16H21NO/c1-12(18)10-13-2-4-14(5-3-13)16-11-17-8-6-15(16)7-9-17/h2-5,15-16H,6-11H2,1H3. The van der Waals surface area contributed by atoms with Crippen LogP contribution in [0.1, 0.15) is 36.8 Å². The summed E-state index contributed by atoms with van der Waals surface area (Å²) in [4.78, 5) is 13.7. The van der Waals surface area contributed by atoms with Crippen LogP contribution in [-0.4, -0.2) is 30.3 Å². The summed E-state index contributed by atoms with van der Waals surface area (Å²) in [5, 5.41) is 0. The van der Waals surface area contributed by atoms with Crippen LogP contribution >= 0.6 is 0 Å². The minimum absolute atomic E-state index is 0.241. The fourth-order valence-electron chi connectivity index (χ4n) is 3.51. The third kappa shape index (κ3) is 2.35. The van der Waals surface area contributed by atoms with Gasteiger partial charge in [0.25, 0.3) is 0 Å². The molecule has 18 heavy (non-hydrogen) atoms. The van der Waals surface area contributed by atoms with Crippen molar-refractivity contribution in [3.63, 3.8) is 0 Å². The topological polar surface area (TPSA) is 20.3 Å². The van der Waals surface area contributed by atoms with E-state index in [0.717, 1.165) is 17.4 Å². The Morgan fingerprint density at radius 2 is 1.89 bits per heavy atom. The number of nitrogens with zero attached hydrogens (tertiary/aromatic N) is 1. The highest BCUT2D eigenvalue weighted by Gasteiger charge is 2.34. The van der Waals surface area contributed by atoms with E-state index >= 15 is 0 Å². The van der Waals surface area contributed by atoms with E-state index in [2.05, 4.69) is 29.2 Å². The molecule has 0 radical (unpaired) electrons. The molecule has 1 aromatic carbocycles. The van der Waals surface area contributed by atoms with Crippen LogP contribution in [0.3, 0.4) is 0 Å². The molecule has 2 heteroatoms. The van der Waals surface area contributed by atoms with E-state index in [1.165, 1.54) is 38.0 Å². The highest BCUT2D eigenvalue weighted by atomic mass is 16.1. The van der Waals surface area contributed by atoms with E-state index < -0.39 is 0 Å². The molecule has 0 aliphatic carbocycles. The van der Waals surface area contributed by atoms with Gasteiger partial charge in [0, 0.05) is 13.0 Å². The lowest BCUT2D eigenvalue weighted by molar-refractivity contribution is -0.116. The van der Waals surface area contributed by atoms with Gasteiger partial charge in [-0.15, -0.1) is 0 Å². The molecule has 1 atom stereocenters. The molecule has 2 nitrogen and oxygen atoms in total. The molecule has 3 aliphatic heterocycles. The van der Waals surface area contributed by atoms with Crippen molar-refractivity contribution >= 4 is 5.78 Å². The number of fused-ring (bicyclic) bond motifs is 3. The molecule has 1 aromatic rings. The molecule has 3 fully saturated rings. The molecule has 0 N–H and O–H groups in total. The Morgan fingerprint density at radius 1 is 1.22 bits per heavy atom. The first-order valence-corrected chi connectivity index (χ1v) is 7.03. The maximum absolute atomic E-state index is 11.1. The molecule has 96 valence electrons. The van der Waals surface area contributed by atoms with Crippen LogP contribution in [0.15, 0.2) is 24.3 Å². The van der Waals surface area contributed by atoms with Crippen LogP contribution in [-0.2, 0) is 11.2 Å². The number of piperidine rings is 3. The van der Waals surface area contributed by atoms with E-state index in [9.17, 15) is 4.79 Å². The van der Waals surface area contributed by atoms with Gasteiger partial charge in [0.05, 0.1) is 0 Å². The van der Waals surface area contributed by atoms with E-state index in [0.29, 0.717) is 6.42 Å². The monoisotopic (exact) mass is 243 g/mol. The molecule has 0 spiro atoms. The van der Waals surface area contributed by atoms with Gasteiger partial charge in [0.2, 0.25) is 0 Å². The van der Waals surface area contributed by atoms with Gasteiger partial charge in [0.1, 0.15) is 5.78 Å². The number of carbonyl (C=O) groups is 1. The molecule has 3 saturated heterocycles. The summed E-state index contributed by atoms with van der Waals surface area (Å²) in [5.74, 6) is 1.85. The van der Waals surface area contributed by atoms with Crippen molar-refractivity contribution in [1.82, 2.24) is 4.90 Å². The Labute approximate surface area is 109 Å². The number of ketones is 1. The van der Waals surface area contributed by atoms with Gasteiger partial charge in [-0.3, -0.25) is 4.79 Å². The molecule has 0 amide bonds. The van der Waals surface area contributed by atoms with Crippen molar-refractivity contribution < 1.29 is 4.79 Å². The zero-order valence-corrected chi connectivity index (χ0v) is 11.1. The number of carbonyl (C=O) groups excluding carboxylic acids is 1. The Bertz CT molecular complexity index is 429. The quantitative estimate of drug-likeness (QED) is 0.813. The van der Waals surface area contributed by atoms with Gasteiger partial charge < -0.3 is 4.90 Å². The minimum Gasteiger partial charge on any atom is -0.303 e. The lowest BCUT2D eigenvalue weighted by Gasteiger charge is -2.45. The Kier molecular flexibility index (Phi) is 3.21. The largest absolute Gasteiger partial charge is 0.303 e. The summed E-state index contributed by atoms with van der Waals surface area (Å²) in [6.07, 6.45) is 3.29. The summed E-state index contributed by atoms with van der Waals surface area (Å²) in [7, 11) is 0. The molecule has 3 aliphatic rings. The fraction of sp³-hybridized carbons (Fsp3) is 0.562. The maximum Gasteiger partial charge on any atom is 0.134 e. The number of benzene rings is 1. The lowest BCUT2D eigenvalue weighted by Crippen LogP contribution is -2.46. The molecule has 3 heterocycles. The smallest absolute Gasteiger partial charge is 0.134 e. The van der Waals surface area contributed by atoms with E-state index in [1.54, 1.807) is 6.92 Å². The normalized spacial score (nSPS) is 30.4. The van der Waals surface area contributed by atoms with E-state index in [4.69, 9.17) is 0 Å². The summed E-state index contributed by atoms with van der Waals surface area (Å²) in [6.45, 7) is 5.48. The van der Waals surface area contributed by atoms with Gasteiger partial charge in [-0.05, 0) is 55.8 Å². The van der Waals surface area contributed by atoms with Crippen molar-refractivity contribution in [2.24, 2.45) is 5.92 Å². The van der Waals surface area contributed by atoms with Gasteiger partial charge >= 0.3 is 0 Å². The van der Waals surface area contributed by atoms with Gasteiger partial charge in [-0.2, -0.15) is 0 Å². The van der Waals surface area contributed by atoms with Crippen LogP contribution in [0.2, 0.25) is 0 Å². The van der Waals surface area contributed by atoms with Gasteiger partial charge in [0.15, 0.2) is 0 Å². The molecule has 0 aromatic heterocycles. The molecular formula is C16H21NO. The van der Waals surface area contributed by atoms with Crippen molar-refractivity contribution in [1.29, 1.82) is 0 Å². The predicted octanol–water partition coefficient (Wildman–Crippen LogP) is 2.63. The number of Topliss-reactive ketones (excluding diaryl/α,β-unsaturated/α-hetero) is 1. The van der Waals surface area contributed by atoms with Gasteiger partial charge in [-0.25, -0.2) is 0 Å². The summed E-state index contributed by atoms with van der Waals surface area (Å²) in [6, 6.07) is 8.75. The third-order valence-electron chi connectivity index (χ3n) is 4.52. The second-order valence-electron chi connectivity index (χ2n) is 5.86. The van der Waals surface area contributed by atoms with Crippen molar-refractivity contribution in [3.8, 4) is 0 Å². The number of hydrogen-bond donors (Lipinski definition) is 0. The Balaban J connectivity index is 1.74. The van der Waals surface area contributed by atoms with Crippen molar-refractivity contribution in [3.05, 3.63) is 35.4 Å². The molecule has 2 bridgehead atoms. The summed E-state index contributed by atoms with van der Waals surface area (Å²) in [5.41, 5.74) is 2.62. The van der Waals surface area contributed by atoms with Crippen LogP contribution in [0.5, 0.6) is 0 Å². The molecule has 4 rings (SSSR count). The van der Waals surface area contributed by atoms with Crippen molar-refractivity contribution in [2.45, 2.75) is 32.1 Å². The molecular weight excluding hydrogens is 222 g/mol. The Hall–Kier alpha value is -1.15. The summed E-state index contributed by atoms with van der Waals surface area (Å²) >= 11 is 0. The van der Waals surface area contributed by atoms with Crippen LogP contribution < -0.4 is 0 Å². The zero-order valence-electron chi connectivity index (χ0n) is 11.1. The minimum atomic E-state index is 0.241. The van der Waals surface area contributed by atoms with Crippen LogP contribution in [0.4, 0.5) is 0 Å². The average Bonchev–Trinajstić information content (AvgIpc) is 2.40. The second kappa shape index (κ2) is 4.85. The van der Waals surface area contributed by atoms with Gasteiger partial charge in [-0.1, -0.05) is 24.3 Å². The Morgan fingerprint density at radius 3 is 2.39 bits per heavy atom. The number of hydrogen-bond acceptors (Lipinski definition) is 2. The van der Waals surface area contributed by atoms with E-state index in [-0.39, 0.29) is 5.78 Å². The second-order valence-corrected chi connectivity index (χ2v) is 5.86. The highest BCUT2D eigenvalue weighted by molar-refractivity contribution is 5.78. The first-order chi connectivity index (χ1) is 8.72. The van der Waals surface area contributed by atoms with Crippen molar-refractivity contribution in [2.75, 3.05) is 19.6 Å². The van der Waals surface area contributed by atoms with Crippen LogP contribution in [0, 0.1) is 5.92 Å². The first kappa shape index (κ1) is 11.9. The SMILES string of the molecule is CC(=O)Cc1ccc(C2CN3CCC2CC3)cc1.